The zero-order chi connectivity index (χ0) is 18.4. The molecule has 0 spiro atoms. The summed E-state index contributed by atoms with van der Waals surface area (Å²) >= 11 is 0. The number of nitrogens with one attached hydrogen (secondary N) is 1. The molecule has 2 aliphatic heterocycles. The van der Waals surface area contributed by atoms with E-state index in [0.717, 1.165) is 24.9 Å². The number of nitrogens with zero attached hydrogens (tertiary/aromatic N) is 3. The van der Waals surface area contributed by atoms with E-state index in [0.29, 0.717) is 45.4 Å². The van der Waals surface area contributed by atoms with Gasteiger partial charge in [-0.3, -0.25) is 19.4 Å². The van der Waals surface area contributed by atoms with Crippen LogP contribution >= 0.6 is 0 Å². The van der Waals surface area contributed by atoms with Gasteiger partial charge in [-0.1, -0.05) is 6.07 Å². The van der Waals surface area contributed by atoms with Crippen molar-refractivity contribution in [1.82, 2.24) is 20.1 Å². The molecule has 26 heavy (non-hydrogen) atoms. The Morgan fingerprint density at radius 3 is 2.73 bits per heavy atom. The van der Waals surface area contributed by atoms with Crippen molar-refractivity contribution in [2.24, 2.45) is 5.92 Å². The van der Waals surface area contributed by atoms with Crippen molar-refractivity contribution < 1.29 is 14.4 Å². The third-order valence-electron chi connectivity index (χ3n) is 5.09. The van der Waals surface area contributed by atoms with E-state index in [-0.39, 0.29) is 23.6 Å². The first-order valence-corrected chi connectivity index (χ1v) is 9.35. The molecule has 0 aliphatic carbocycles. The van der Waals surface area contributed by atoms with E-state index in [1.54, 1.807) is 17.3 Å². The highest BCUT2D eigenvalue weighted by Gasteiger charge is 2.30. The van der Waals surface area contributed by atoms with Crippen molar-refractivity contribution in [1.29, 1.82) is 0 Å². The molecule has 7 heteroatoms. The summed E-state index contributed by atoms with van der Waals surface area (Å²) in [5.74, 6) is 0.135. The summed E-state index contributed by atoms with van der Waals surface area (Å²) < 4.78 is 0. The van der Waals surface area contributed by atoms with Gasteiger partial charge in [0.2, 0.25) is 17.7 Å². The second-order valence-electron chi connectivity index (χ2n) is 6.99. The van der Waals surface area contributed by atoms with E-state index in [9.17, 15) is 14.4 Å². The van der Waals surface area contributed by atoms with Crippen molar-refractivity contribution in [3.63, 3.8) is 0 Å². The Kier molecular flexibility index (Phi) is 6.20. The fourth-order valence-electron chi connectivity index (χ4n) is 3.57. The number of aromatic nitrogens is 1. The third-order valence-corrected chi connectivity index (χ3v) is 5.09. The molecular weight excluding hydrogens is 332 g/mol. The van der Waals surface area contributed by atoms with E-state index in [2.05, 4.69) is 10.3 Å². The maximum absolute atomic E-state index is 12.4. The van der Waals surface area contributed by atoms with Gasteiger partial charge in [0.25, 0.3) is 0 Å². The number of carbonyl (C=O) groups is 3. The molecule has 1 aromatic rings. The highest BCUT2D eigenvalue weighted by Crippen LogP contribution is 2.19. The molecule has 2 saturated heterocycles. The molecule has 3 heterocycles. The zero-order valence-corrected chi connectivity index (χ0v) is 15.0. The quantitative estimate of drug-likeness (QED) is 0.787. The number of hydrogen-bond acceptors (Lipinski definition) is 4. The average Bonchev–Trinajstić information content (AvgIpc) is 3.07. The van der Waals surface area contributed by atoms with Gasteiger partial charge in [-0.05, 0) is 30.9 Å². The summed E-state index contributed by atoms with van der Waals surface area (Å²) in [6, 6.07) is 3.76. The van der Waals surface area contributed by atoms with E-state index in [1.165, 1.54) is 0 Å². The largest absolute Gasteiger partial charge is 0.352 e. The summed E-state index contributed by atoms with van der Waals surface area (Å²) in [4.78, 5) is 43.9. The number of pyridine rings is 1. The molecule has 140 valence electrons. The predicted molar refractivity (Wildman–Crippen MR) is 95.8 cm³/mol. The number of likely N-dealkylation sites (tertiary alicyclic amines) is 2. The van der Waals surface area contributed by atoms with E-state index in [4.69, 9.17) is 0 Å². The molecule has 2 aliphatic rings. The lowest BCUT2D eigenvalue weighted by atomic mass is 9.96. The summed E-state index contributed by atoms with van der Waals surface area (Å²) in [6.45, 7) is 3.04. The SMILES string of the molecule is O=C(NCc1cccnc1)[C@H]1CCC(=O)N(CCCN2CCCC2=O)C1. The van der Waals surface area contributed by atoms with Crippen LogP contribution in [-0.4, -0.2) is 58.7 Å². The number of piperidine rings is 1. The Labute approximate surface area is 153 Å². The van der Waals surface area contributed by atoms with Crippen LogP contribution in [0, 0.1) is 5.92 Å². The number of rotatable bonds is 7. The molecule has 0 aromatic carbocycles. The molecule has 0 saturated carbocycles. The van der Waals surface area contributed by atoms with Crippen molar-refractivity contribution in [2.75, 3.05) is 26.2 Å². The summed E-state index contributed by atoms with van der Waals surface area (Å²) in [5.41, 5.74) is 0.958. The van der Waals surface area contributed by atoms with Gasteiger partial charge in [0.05, 0.1) is 5.92 Å². The second-order valence-corrected chi connectivity index (χ2v) is 6.99. The van der Waals surface area contributed by atoms with Crippen molar-refractivity contribution in [2.45, 2.75) is 38.6 Å². The van der Waals surface area contributed by atoms with Crippen LogP contribution in [0.3, 0.4) is 0 Å². The zero-order valence-electron chi connectivity index (χ0n) is 15.0. The Morgan fingerprint density at radius 1 is 1.19 bits per heavy atom. The van der Waals surface area contributed by atoms with E-state index < -0.39 is 0 Å². The molecule has 1 aromatic heterocycles. The van der Waals surface area contributed by atoms with Crippen LogP contribution in [0.1, 0.15) is 37.7 Å². The number of amides is 3. The minimum absolute atomic E-state index is 0.0129. The van der Waals surface area contributed by atoms with Crippen molar-refractivity contribution >= 4 is 17.7 Å². The topological polar surface area (TPSA) is 82.6 Å². The van der Waals surface area contributed by atoms with Gasteiger partial charge in [-0.2, -0.15) is 0 Å². The van der Waals surface area contributed by atoms with Gasteiger partial charge in [-0.25, -0.2) is 0 Å². The van der Waals surface area contributed by atoms with E-state index in [1.807, 2.05) is 17.0 Å². The third kappa shape index (κ3) is 4.80. The minimum Gasteiger partial charge on any atom is -0.352 e. The van der Waals surface area contributed by atoms with Gasteiger partial charge in [0.1, 0.15) is 0 Å². The first-order valence-electron chi connectivity index (χ1n) is 9.35. The van der Waals surface area contributed by atoms with Gasteiger partial charge < -0.3 is 15.1 Å². The summed E-state index contributed by atoms with van der Waals surface area (Å²) in [7, 11) is 0. The van der Waals surface area contributed by atoms with Gasteiger partial charge in [-0.15, -0.1) is 0 Å². The first-order chi connectivity index (χ1) is 12.6. The van der Waals surface area contributed by atoms with Crippen LogP contribution in [0.15, 0.2) is 24.5 Å². The smallest absolute Gasteiger partial charge is 0.225 e. The lowest BCUT2D eigenvalue weighted by Crippen LogP contribution is -2.46. The fourth-order valence-corrected chi connectivity index (χ4v) is 3.57. The van der Waals surface area contributed by atoms with Crippen LogP contribution in [-0.2, 0) is 20.9 Å². The van der Waals surface area contributed by atoms with Crippen LogP contribution in [0.4, 0.5) is 0 Å². The Hall–Kier alpha value is -2.44. The van der Waals surface area contributed by atoms with Crippen LogP contribution in [0.25, 0.3) is 0 Å². The fraction of sp³-hybridized carbons (Fsp3) is 0.579. The lowest BCUT2D eigenvalue weighted by molar-refractivity contribution is -0.138. The molecule has 1 N–H and O–H groups in total. The number of hydrogen-bond donors (Lipinski definition) is 1. The molecule has 7 nitrogen and oxygen atoms in total. The maximum Gasteiger partial charge on any atom is 0.225 e. The highest BCUT2D eigenvalue weighted by molar-refractivity contribution is 5.83. The lowest BCUT2D eigenvalue weighted by Gasteiger charge is -2.32. The molecular formula is C19H26N4O3. The summed E-state index contributed by atoms with van der Waals surface area (Å²) in [6.07, 6.45) is 6.78. The Morgan fingerprint density at radius 2 is 2.00 bits per heavy atom. The minimum atomic E-state index is -0.169. The van der Waals surface area contributed by atoms with Crippen LogP contribution in [0.2, 0.25) is 0 Å². The van der Waals surface area contributed by atoms with E-state index >= 15 is 0 Å². The van der Waals surface area contributed by atoms with Crippen LogP contribution < -0.4 is 5.32 Å². The highest BCUT2D eigenvalue weighted by atomic mass is 16.2. The van der Waals surface area contributed by atoms with Gasteiger partial charge >= 0.3 is 0 Å². The Balaban J connectivity index is 1.43. The summed E-state index contributed by atoms with van der Waals surface area (Å²) in [5, 5.41) is 2.94. The molecule has 3 rings (SSSR count). The van der Waals surface area contributed by atoms with Crippen LogP contribution in [0.5, 0.6) is 0 Å². The standard InChI is InChI=1S/C19H26N4O3/c24-17-5-2-9-22(17)10-3-11-23-14-16(6-7-18(23)25)19(26)21-13-15-4-1-8-20-12-15/h1,4,8,12,16H,2-3,5-7,9-11,13-14H2,(H,21,26)/t16-/m0/s1. The first kappa shape index (κ1) is 18.4. The molecule has 0 unspecified atom stereocenters. The predicted octanol–water partition coefficient (Wildman–Crippen LogP) is 0.949. The normalized spacial score (nSPS) is 20.5. The van der Waals surface area contributed by atoms with Crippen molar-refractivity contribution in [3.8, 4) is 0 Å². The molecule has 2 fully saturated rings. The molecule has 1 atom stereocenters. The second kappa shape index (κ2) is 8.78. The Bertz CT molecular complexity index is 649. The molecule has 3 amide bonds. The number of carbonyl (C=O) groups excluding carboxylic acids is 3. The average molecular weight is 358 g/mol. The monoisotopic (exact) mass is 358 g/mol. The molecule has 0 bridgehead atoms. The molecule has 0 radical (unpaired) electrons. The van der Waals surface area contributed by atoms with Crippen molar-refractivity contribution in [3.05, 3.63) is 30.1 Å². The van der Waals surface area contributed by atoms with Gasteiger partial charge in [0, 0.05) is 58.0 Å². The maximum atomic E-state index is 12.4. The van der Waals surface area contributed by atoms with Gasteiger partial charge in [0.15, 0.2) is 0 Å².